The lowest BCUT2D eigenvalue weighted by atomic mass is 9.96. The van der Waals surface area contributed by atoms with Crippen LogP contribution in [0.5, 0.6) is 0 Å². The summed E-state index contributed by atoms with van der Waals surface area (Å²) in [6, 6.07) is 5.42. The van der Waals surface area contributed by atoms with Gasteiger partial charge in [-0.15, -0.1) is 0 Å². The molecule has 2 fully saturated rings. The van der Waals surface area contributed by atoms with Gasteiger partial charge in [0.25, 0.3) is 5.91 Å². The maximum Gasteiger partial charge on any atom is 0.272 e. The Hall–Kier alpha value is -1.46. The van der Waals surface area contributed by atoms with Crippen molar-refractivity contribution in [2.24, 2.45) is 5.92 Å². The van der Waals surface area contributed by atoms with Gasteiger partial charge < -0.3 is 14.4 Å². The number of piperidine rings is 1. The minimum absolute atomic E-state index is 0.0207. The molecule has 1 amide bonds. The Balaban J connectivity index is 1.56. The zero-order chi connectivity index (χ0) is 13.1. The molecule has 1 aromatic rings. The van der Waals surface area contributed by atoms with E-state index in [0.29, 0.717) is 24.8 Å². The Labute approximate surface area is 112 Å². The standard InChI is InChI=1S/C14H18N2O3/c17-13(12-3-1-2-6-15-12)16-7-4-11(5-8-16)14-18-9-10-19-14/h1-3,6,11,14H,4-5,7-10H2. The van der Waals surface area contributed by atoms with Gasteiger partial charge in [-0.05, 0) is 25.0 Å². The van der Waals surface area contributed by atoms with Crippen molar-refractivity contribution >= 4 is 5.91 Å². The Morgan fingerprint density at radius 3 is 2.58 bits per heavy atom. The molecular weight excluding hydrogens is 244 g/mol. The van der Waals surface area contributed by atoms with Gasteiger partial charge in [0.2, 0.25) is 0 Å². The summed E-state index contributed by atoms with van der Waals surface area (Å²) in [7, 11) is 0. The van der Waals surface area contributed by atoms with Crippen LogP contribution in [0.1, 0.15) is 23.3 Å². The second-order valence-electron chi connectivity index (χ2n) is 4.95. The largest absolute Gasteiger partial charge is 0.350 e. The smallest absolute Gasteiger partial charge is 0.272 e. The molecule has 2 aliphatic heterocycles. The Bertz CT molecular complexity index is 424. The van der Waals surface area contributed by atoms with E-state index < -0.39 is 0 Å². The topological polar surface area (TPSA) is 51.7 Å². The van der Waals surface area contributed by atoms with E-state index in [1.54, 1.807) is 12.3 Å². The van der Waals surface area contributed by atoms with Gasteiger partial charge >= 0.3 is 0 Å². The summed E-state index contributed by atoms with van der Waals surface area (Å²) in [5.74, 6) is 0.433. The third-order valence-electron chi connectivity index (χ3n) is 3.74. The third kappa shape index (κ3) is 2.77. The summed E-state index contributed by atoms with van der Waals surface area (Å²) < 4.78 is 11.1. The molecule has 102 valence electrons. The molecule has 5 nitrogen and oxygen atoms in total. The molecule has 3 heterocycles. The van der Waals surface area contributed by atoms with Crippen molar-refractivity contribution in [3.8, 4) is 0 Å². The van der Waals surface area contributed by atoms with E-state index in [2.05, 4.69) is 4.98 Å². The van der Waals surface area contributed by atoms with Crippen LogP contribution < -0.4 is 0 Å². The SMILES string of the molecule is O=C(c1ccccn1)N1CCC(C2OCCO2)CC1. The highest BCUT2D eigenvalue weighted by atomic mass is 16.7. The first-order valence-electron chi connectivity index (χ1n) is 6.78. The van der Waals surface area contributed by atoms with E-state index in [-0.39, 0.29) is 12.2 Å². The molecule has 19 heavy (non-hydrogen) atoms. The maximum absolute atomic E-state index is 12.2. The molecule has 1 aromatic heterocycles. The van der Waals surface area contributed by atoms with Crippen LogP contribution in [0.15, 0.2) is 24.4 Å². The van der Waals surface area contributed by atoms with Crippen molar-refractivity contribution in [2.75, 3.05) is 26.3 Å². The molecule has 0 spiro atoms. The second kappa shape index (κ2) is 5.67. The zero-order valence-corrected chi connectivity index (χ0v) is 10.8. The van der Waals surface area contributed by atoms with Gasteiger partial charge in [-0.3, -0.25) is 9.78 Å². The summed E-state index contributed by atoms with van der Waals surface area (Å²) in [6.07, 6.45) is 3.46. The maximum atomic E-state index is 12.2. The van der Waals surface area contributed by atoms with Crippen molar-refractivity contribution in [1.82, 2.24) is 9.88 Å². The molecule has 0 N–H and O–H groups in total. The summed E-state index contributed by atoms with van der Waals surface area (Å²) >= 11 is 0. The van der Waals surface area contributed by atoms with E-state index in [4.69, 9.17) is 9.47 Å². The van der Waals surface area contributed by atoms with Crippen LogP contribution in [0.3, 0.4) is 0 Å². The van der Waals surface area contributed by atoms with Crippen LogP contribution in [0, 0.1) is 5.92 Å². The molecule has 0 radical (unpaired) electrons. The van der Waals surface area contributed by atoms with Gasteiger partial charge in [-0.25, -0.2) is 0 Å². The van der Waals surface area contributed by atoms with E-state index in [1.165, 1.54) is 0 Å². The van der Waals surface area contributed by atoms with Gasteiger partial charge in [0.1, 0.15) is 5.69 Å². The molecule has 2 aliphatic rings. The first kappa shape index (κ1) is 12.6. The summed E-state index contributed by atoms with van der Waals surface area (Å²) in [5.41, 5.74) is 0.523. The van der Waals surface area contributed by atoms with Crippen LogP contribution in [0.2, 0.25) is 0 Å². The van der Waals surface area contributed by atoms with Gasteiger partial charge in [0, 0.05) is 25.2 Å². The first-order valence-corrected chi connectivity index (χ1v) is 6.78. The predicted octanol–water partition coefficient (Wildman–Crippen LogP) is 1.31. The molecule has 0 aromatic carbocycles. The number of carbonyl (C=O) groups is 1. The number of amides is 1. The van der Waals surface area contributed by atoms with E-state index in [9.17, 15) is 4.79 Å². The lowest BCUT2D eigenvalue weighted by molar-refractivity contribution is -0.0956. The molecule has 3 rings (SSSR count). The highest BCUT2D eigenvalue weighted by Crippen LogP contribution is 2.26. The lowest BCUT2D eigenvalue weighted by Gasteiger charge is -2.33. The number of pyridine rings is 1. The van der Waals surface area contributed by atoms with Crippen LogP contribution in [0.4, 0.5) is 0 Å². The molecule has 2 saturated heterocycles. The fourth-order valence-electron chi connectivity index (χ4n) is 2.67. The fourth-order valence-corrected chi connectivity index (χ4v) is 2.67. The summed E-state index contributed by atoms with van der Waals surface area (Å²) in [5, 5.41) is 0. The Morgan fingerprint density at radius 1 is 1.21 bits per heavy atom. The average molecular weight is 262 g/mol. The van der Waals surface area contributed by atoms with Gasteiger partial charge in [-0.2, -0.15) is 0 Å². The van der Waals surface area contributed by atoms with Gasteiger partial charge in [0.15, 0.2) is 6.29 Å². The van der Waals surface area contributed by atoms with Crippen LogP contribution >= 0.6 is 0 Å². The van der Waals surface area contributed by atoms with Crippen LogP contribution in [-0.4, -0.2) is 48.4 Å². The minimum atomic E-state index is -0.0629. The van der Waals surface area contributed by atoms with E-state index in [0.717, 1.165) is 25.9 Å². The number of aromatic nitrogens is 1. The average Bonchev–Trinajstić information content (AvgIpc) is 3.02. The highest BCUT2D eigenvalue weighted by Gasteiger charge is 2.32. The number of hydrogen-bond donors (Lipinski definition) is 0. The van der Waals surface area contributed by atoms with Crippen molar-refractivity contribution in [1.29, 1.82) is 0 Å². The molecule has 0 aliphatic carbocycles. The van der Waals surface area contributed by atoms with Crippen molar-refractivity contribution in [3.05, 3.63) is 30.1 Å². The highest BCUT2D eigenvalue weighted by molar-refractivity contribution is 5.92. The van der Waals surface area contributed by atoms with Crippen molar-refractivity contribution in [3.63, 3.8) is 0 Å². The summed E-state index contributed by atoms with van der Waals surface area (Å²) in [4.78, 5) is 18.2. The first-order chi connectivity index (χ1) is 9.34. The predicted molar refractivity (Wildman–Crippen MR) is 68.6 cm³/mol. The van der Waals surface area contributed by atoms with Crippen LogP contribution in [0.25, 0.3) is 0 Å². The molecule has 0 saturated carbocycles. The van der Waals surface area contributed by atoms with Crippen LogP contribution in [-0.2, 0) is 9.47 Å². The fraction of sp³-hybridized carbons (Fsp3) is 0.571. The number of hydrogen-bond acceptors (Lipinski definition) is 4. The monoisotopic (exact) mass is 262 g/mol. The van der Waals surface area contributed by atoms with Crippen molar-refractivity contribution in [2.45, 2.75) is 19.1 Å². The Kier molecular flexibility index (Phi) is 3.75. The molecule has 5 heteroatoms. The molecule has 0 unspecified atom stereocenters. The zero-order valence-electron chi connectivity index (χ0n) is 10.8. The van der Waals surface area contributed by atoms with Crippen molar-refractivity contribution < 1.29 is 14.3 Å². The molecule has 0 atom stereocenters. The minimum Gasteiger partial charge on any atom is -0.350 e. The normalized spacial score (nSPS) is 21.8. The summed E-state index contributed by atoms with van der Waals surface area (Å²) in [6.45, 7) is 2.89. The number of carbonyl (C=O) groups excluding carboxylic acids is 1. The quantitative estimate of drug-likeness (QED) is 0.806. The molecule has 0 bridgehead atoms. The van der Waals surface area contributed by atoms with E-state index in [1.807, 2.05) is 17.0 Å². The van der Waals surface area contributed by atoms with Gasteiger partial charge in [0.05, 0.1) is 13.2 Å². The third-order valence-corrected chi connectivity index (χ3v) is 3.74. The van der Waals surface area contributed by atoms with Gasteiger partial charge in [-0.1, -0.05) is 6.07 Å². The lowest BCUT2D eigenvalue weighted by Crippen LogP contribution is -2.41. The Morgan fingerprint density at radius 2 is 1.95 bits per heavy atom. The number of nitrogens with zero attached hydrogens (tertiary/aromatic N) is 2. The number of ether oxygens (including phenoxy) is 2. The number of likely N-dealkylation sites (tertiary alicyclic amines) is 1. The van der Waals surface area contributed by atoms with E-state index >= 15 is 0 Å². The number of rotatable bonds is 2. The second-order valence-corrected chi connectivity index (χ2v) is 4.95. The molecular formula is C14H18N2O3.